The van der Waals surface area contributed by atoms with Crippen LogP contribution < -0.4 is 0 Å². The summed E-state index contributed by atoms with van der Waals surface area (Å²) in [4.78, 5) is 13.6. The number of rotatable bonds is 2. The second-order valence-electron chi connectivity index (χ2n) is 6.25. The van der Waals surface area contributed by atoms with E-state index in [1.54, 1.807) is 0 Å². The molecule has 0 radical (unpaired) electrons. The Balaban J connectivity index is 1.81. The average Bonchev–Trinajstić information content (AvgIpc) is 2.85. The summed E-state index contributed by atoms with van der Waals surface area (Å²) in [6.45, 7) is 0.780. The second-order valence-corrected chi connectivity index (χ2v) is 8.47. The largest absolute Gasteiger partial charge is 0.480 e. The summed E-state index contributed by atoms with van der Waals surface area (Å²) in [6.07, 6.45) is 4.70. The summed E-state index contributed by atoms with van der Waals surface area (Å²) < 4.78 is 23.5. The molecule has 3 rings (SSSR count). The fraction of sp³-hybridized carbons (Fsp3) is 0.923. The molecule has 0 amide bonds. The van der Waals surface area contributed by atoms with E-state index in [1.807, 2.05) is 4.90 Å². The van der Waals surface area contributed by atoms with Crippen molar-refractivity contribution < 1.29 is 18.3 Å². The fourth-order valence-corrected chi connectivity index (χ4v) is 6.02. The summed E-state index contributed by atoms with van der Waals surface area (Å²) in [6, 6.07) is -0.531. The Hall–Kier alpha value is -0.620. The van der Waals surface area contributed by atoms with Gasteiger partial charge in [0.05, 0.1) is 11.5 Å². The smallest absolute Gasteiger partial charge is 0.321 e. The molecule has 0 bridgehead atoms. The first-order chi connectivity index (χ1) is 8.98. The van der Waals surface area contributed by atoms with Crippen molar-refractivity contribution in [3.05, 3.63) is 0 Å². The van der Waals surface area contributed by atoms with Crippen LogP contribution in [0.1, 0.15) is 32.1 Å². The molecule has 4 unspecified atom stereocenters. The van der Waals surface area contributed by atoms with Crippen LogP contribution in [-0.2, 0) is 14.6 Å². The minimum absolute atomic E-state index is 0.0783. The van der Waals surface area contributed by atoms with Gasteiger partial charge in [0.25, 0.3) is 0 Å². The number of carbonyl (C=O) groups is 1. The highest BCUT2D eigenvalue weighted by Crippen LogP contribution is 2.43. The maximum absolute atomic E-state index is 11.8. The summed E-state index contributed by atoms with van der Waals surface area (Å²) in [5.74, 6) is 0.350. The van der Waals surface area contributed by atoms with Crippen molar-refractivity contribution >= 4 is 15.8 Å². The molecule has 5 nitrogen and oxygen atoms in total. The molecule has 6 heteroatoms. The predicted molar refractivity (Wildman–Crippen MR) is 70.6 cm³/mol. The topological polar surface area (TPSA) is 74.7 Å². The molecule has 4 atom stereocenters. The van der Waals surface area contributed by atoms with Crippen molar-refractivity contribution in [2.75, 3.05) is 18.1 Å². The van der Waals surface area contributed by atoms with Crippen LogP contribution in [0.5, 0.6) is 0 Å². The van der Waals surface area contributed by atoms with Crippen LogP contribution in [0, 0.1) is 11.8 Å². The fourth-order valence-electron chi connectivity index (χ4n) is 4.30. The molecule has 2 heterocycles. The van der Waals surface area contributed by atoms with Gasteiger partial charge in [0, 0.05) is 12.6 Å². The van der Waals surface area contributed by atoms with Gasteiger partial charge in [0.2, 0.25) is 0 Å². The predicted octanol–water partition coefficient (Wildman–Crippen LogP) is 0.749. The van der Waals surface area contributed by atoms with E-state index >= 15 is 0 Å². The first-order valence-electron chi connectivity index (χ1n) is 7.17. The van der Waals surface area contributed by atoms with Crippen molar-refractivity contribution in [2.24, 2.45) is 11.8 Å². The maximum Gasteiger partial charge on any atom is 0.321 e. The zero-order valence-electron chi connectivity index (χ0n) is 11.0. The summed E-state index contributed by atoms with van der Waals surface area (Å²) >= 11 is 0. The van der Waals surface area contributed by atoms with Gasteiger partial charge in [-0.05, 0) is 37.5 Å². The molecule has 0 aromatic heterocycles. The molecule has 0 aromatic rings. The Labute approximate surface area is 113 Å². The summed E-state index contributed by atoms with van der Waals surface area (Å²) in [5, 5.41) is 9.50. The van der Waals surface area contributed by atoms with Gasteiger partial charge in [-0.25, -0.2) is 8.42 Å². The van der Waals surface area contributed by atoms with Crippen LogP contribution in [0.4, 0.5) is 0 Å². The number of carboxylic acids is 1. The van der Waals surface area contributed by atoms with E-state index in [0.717, 1.165) is 32.2 Å². The molecule has 1 aliphatic carbocycles. The van der Waals surface area contributed by atoms with Crippen LogP contribution in [-0.4, -0.2) is 54.5 Å². The highest BCUT2D eigenvalue weighted by atomic mass is 32.2. The molecule has 2 saturated heterocycles. The Morgan fingerprint density at radius 1 is 1.16 bits per heavy atom. The standard InChI is InChI=1S/C13H21NO4S/c15-13(16)12-11-5-1-3-9(11)7-14(12)10-4-2-6-19(17,18)8-10/h9-12H,1-8H2,(H,15,16). The number of hydrogen-bond donors (Lipinski definition) is 1. The van der Waals surface area contributed by atoms with Gasteiger partial charge < -0.3 is 5.11 Å². The Bertz CT molecular complexity index is 475. The average molecular weight is 287 g/mol. The third-order valence-electron chi connectivity index (χ3n) is 5.09. The van der Waals surface area contributed by atoms with Crippen molar-refractivity contribution in [3.63, 3.8) is 0 Å². The van der Waals surface area contributed by atoms with Crippen molar-refractivity contribution in [1.29, 1.82) is 0 Å². The number of aliphatic carboxylic acids is 1. The second kappa shape index (κ2) is 4.74. The lowest BCUT2D eigenvalue weighted by Crippen LogP contribution is -2.50. The first kappa shape index (κ1) is 13.4. The Kier molecular flexibility index (Phi) is 3.33. The van der Waals surface area contributed by atoms with Crippen LogP contribution >= 0.6 is 0 Å². The van der Waals surface area contributed by atoms with Crippen LogP contribution in [0.3, 0.4) is 0 Å². The monoisotopic (exact) mass is 287 g/mol. The molecule has 19 heavy (non-hydrogen) atoms. The number of carboxylic acid groups (broad SMARTS) is 1. The third-order valence-corrected chi connectivity index (χ3v) is 6.89. The van der Waals surface area contributed by atoms with Gasteiger partial charge in [0.15, 0.2) is 9.84 Å². The molecule has 3 aliphatic rings. The van der Waals surface area contributed by atoms with E-state index in [0.29, 0.717) is 12.3 Å². The van der Waals surface area contributed by atoms with E-state index in [1.165, 1.54) is 0 Å². The molecule has 2 aliphatic heterocycles. The van der Waals surface area contributed by atoms with Gasteiger partial charge >= 0.3 is 5.97 Å². The molecule has 1 saturated carbocycles. The molecule has 0 spiro atoms. The lowest BCUT2D eigenvalue weighted by Gasteiger charge is -2.34. The molecule has 108 valence electrons. The van der Waals surface area contributed by atoms with E-state index in [2.05, 4.69) is 0 Å². The zero-order chi connectivity index (χ0) is 13.6. The highest BCUT2D eigenvalue weighted by Gasteiger charge is 2.50. The van der Waals surface area contributed by atoms with E-state index in [9.17, 15) is 18.3 Å². The number of nitrogens with zero attached hydrogens (tertiary/aromatic N) is 1. The zero-order valence-corrected chi connectivity index (χ0v) is 11.8. The molecular weight excluding hydrogens is 266 g/mol. The first-order valence-corrected chi connectivity index (χ1v) is 8.99. The molecular formula is C13H21NO4S. The minimum atomic E-state index is -2.98. The van der Waals surface area contributed by atoms with Crippen molar-refractivity contribution in [3.8, 4) is 0 Å². The molecule has 3 fully saturated rings. The number of fused-ring (bicyclic) bond motifs is 1. The van der Waals surface area contributed by atoms with Crippen LogP contribution in [0.15, 0.2) is 0 Å². The number of hydrogen-bond acceptors (Lipinski definition) is 4. The van der Waals surface area contributed by atoms with Crippen LogP contribution in [0.2, 0.25) is 0 Å². The Morgan fingerprint density at radius 3 is 2.63 bits per heavy atom. The van der Waals surface area contributed by atoms with Crippen molar-refractivity contribution in [2.45, 2.75) is 44.2 Å². The highest BCUT2D eigenvalue weighted by molar-refractivity contribution is 7.91. The van der Waals surface area contributed by atoms with E-state index < -0.39 is 21.8 Å². The lowest BCUT2D eigenvalue weighted by molar-refractivity contribution is -0.144. The van der Waals surface area contributed by atoms with Crippen LogP contribution in [0.25, 0.3) is 0 Å². The summed E-state index contributed by atoms with van der Waals surface area (Å²) in [7, 11) is -2.98. The SMILES string of the molecule is O=C(O)C1C2CCCC2CN1C1CCCS(=O)(=O)C1. The number of sulfone groups is 1. The molecule has 0 aromatic carbocycles. The van der Waals surface area contributed by atoms with E-state index in [-0.39, 0.29) is 23.5 Å². The summed E-state index contributed by atoms with van der Waals surface area (Å²) in [5.41, 5.74) is 0. The number of likely N-dealkylation sites (tertiary alicyclic amines) is 1. The van der Waals surface area contributed by atoms with Gasteiger partial charge in [-0.15, -0.1) is 0 Å². The normalized spacial score (nSPS) is 42.1. The van der Waals surface area contributed by atoms with E-state index in [4.69, 9.17) is 0 Å². The molecule has 1 N–H and O–H groups in total. The minimum Gasteiger partial charge on any atom is -0.480 e. The van der Waals surface area contributed by atoms with Gasteiger partial charge in [-0.3, -0.25) is 9.69 Å². The van der Waals surface area contributed by atoms with Gasteiger partial charge in [-0.2, -0.15) is 0 Å². The van der Waals surface area contributed by atoms with Gasteiger partial charge in [-0.1, -0.05) is 6.42 Å². The quantitative estimate of drug-likeness (QED) is 0.811. The van der Waals surface area contributed by atoms with Crippen molar-refractivity contribution in [1.82, 2.24) is 4.90 Å². The third kappa shape index (κ3) is 2.40. The Morgan fingerprint density at radius 2 is 1.95 bits per heavy atom. The van der Waals surface area contributed by atoms with Gasteiger partial charge in [0.1, 0.15) is 6.04 Å². The maximum atomic E-state index is 11.8. The lowest BCUT2D eigenvalue weighted by atomic mass is 9.94.